The first-order valence-corrected chi connectivity index (χ1v) is 7.18. The quantitative estimate of drug-likeness (QED) is 0.939. The van der Waals surface area contributed by atoms with Gasteiger partial charge in [0.05, 0.1) is 7.11 Å². The van der Waals surface area contributed by atoms with E-state index in [1.807, 2.05) is 41.9 Å². The minimum absolute atomic E-state index is 0.107. The standard InChI is InChI=1S/C15H15N3OS/c1-19-13-6-2-5-12(8-13)18-14(16)10-20-15(18)11-4-3-7-17-9-11/h2-10,15H,16H2,1H3. The maximum absolute atomic E-state index is 6.14. The average molecular weight is 285 g/mol. The SMILES string of the molecule is COc1cccc(N2C(N)=CSC2c2cccnc2)c1. The lowest BCUT2D eigenvalue weighted by Gasteiger charge is -2.27. The van der Waals surface area contributed by atoms with Gasteiger partial charge in [-0.15, -0.1) is 0 Å². The number of thioether (sulfide) groups is 1. The fourth-order valence-electron chi connectivity index (χ4n) is 2.18. The Morgan fingerprint density at radius 3 is 2.95 bits per heavy atom. The molecule has 5 heteroatoms. The van der Waals surface area contributed by atoms with E-state index in [9.17, 15) is 0 Å². The predicted octanol–water partition coefficient (Wildman–Crippen LogP) is 3.10. The fourth-order valence-corrected chi connectivity index (χ4v) is 3.23. The second-order valence-corrected chi connectivity index (χ2v) is 5.34. The van der Waals surface area contributed by atoms with E-state index in [4.69, 9.17) is 10.5 Å². The van der Waals surface area contributed by atoms with E-state index in [-0.39, 0.29) is 5.37 Å². The van der Waals surface area contributed by atoms with Crippen molar-refractivity contribution in [2.45, 2.75) is 5.37 Å². The van der Waals surface area contributed by atoms with Gasteiger partial charge in [-0.25, -0.2) is 0 Å². The van der Waals surface area contributed by atoms with Gasteiger partial charge in [-0.3, -0.25) is 4.98 Å². The number of methoxy groups -OCH3 is 1. The van der Waals surface area contributed by atoms with Crippen LogP contribution in [0.2, 0.25) is 0 Å². The first-order chi connectivity index (χ1) is 9.79. The summed E-state index contributed by atoms with van der Waals surface area (Å²) in [6.45, 7) is 0. The van der Waals surface area contributed by atoms with Gasteiger partial charge in [0, 0.05) is 35.1 Å². The second kappa shape index (κ2) is 5.46. The van der Waals surface area contributed by atoms with Crippen LogP contribution in [0.5, 0.6) is 5.75 Å². The predicted molar refractivity (Wildman–Crippen MR) is 82.3 cm³/mol. The molecule has 0 bridgehead atoms. The lowest BCUT2D eigenvalue weighted by atomic mass is 10.2. The molecule has 20 heavy (non-hydrogen) atoms. The van der Waals surface area contributed by atoms with E-state index >= 15 is 0 Å². The molecule has 1 aliphatic rings. The molecule has 4 nitrogen and oxygen atoms in total. The van der Waals surface area contributed by atoms with E-state index in [2.05, 4.69) is 16.0 Å². The molecule has 0 amide bonds. The van der Waals surface area contributed by atoms with Crippen molar-refractivity contribution in [1.82, 2.24) is 4.98 Å². The van der Waals surface area contributed by atoms with Crippen LogP contribution in [-0.2, 0) is 0 Å². The van der Waals surface area contributed by atoms with Crippen LogP contribution in [0.1, 0.15) is 10.9 Å². The van der Waals surface area contributed by atoms with Crippen LogP contribution in [0.3, 0.4) is 0 Å². The molecule has 2 N–H and O–H groups in total. The van der Waals surface area contributed by atoms with Crippen LogP contribution in [0, 0.1) is 0 Å². The molecule has 2 heterocycles. The lowest BCUT2D eigenvalue weighted by molar-refractivity contribution is 0.415. The zero-order valence-electron chi connectivity index (χ0n) is 11.1. The summed E-state index contributed by atoms with van der Waals surface area (Å²) in [5.74, 6) is 1.55. The Morgan fingerprint density at radius 2 is 2.20 bits per heavy atom. The number of ether oxygens (including phenoxy) is 1. The molecule has 0 saturated heterocycles. The molecule has 102 valence electrons. The number of anilines is 1. The summed E-state index contributed by atoms with van der Waals surface area (Å²) in [7, 11) is 1.66. The van der Waals surface area contributed by atoms with Crippen molar-refractivity contribution in [1.29, 1.82) is 0 Å². The van der Waals surface area contributed by atoms with Gasteiger partial charge in [0.2, 0.25) is 0 Å². The smallest absolute Gasteiger partial charge is 0.120 e. The van der Waals surface area contributed by atoms with Crippen LogP contribution in [-0.4, -0.2) is 12.1 Å². The number of hydrogen-bond donors (Lipinski definition) is 1. The number of nitrogens with two attached hydrogens (primary N) is 1. The third kappa shape index (κ3) is 2.32. The normalized spacial score (nSPS) is 17.9. The third-order valence-electron chi connectivity index (χ3n) is 3.13. The summed E-state index contributed by atoms with van der Waals surface area (Å²) >= 11 is 1.68. The summed E-state index contributed by atoms with van der Waals surface area (Å²) in [6, 6.07) is 11.9. The van der Waals surface area contributed by atoms with Gasteiger partial charge in [-0.2, -0.15) is 0 Å². The molecule has 0 aliphatic carbocycles. The number of pyridine rings is 1. The van der Waals surface area contributed by atoms with Crippen LogP contribution >= 0.6 is 11.8 Å². The zero-order valence-corrected chi connectivity index (χ0v) is 11.9. The van der Waals surface area contributed by atoms with Gasteiger partial charge in [0.25, 0.3) is 0 Å². The Kier molecular flexibility index (Phi) is 3.52. The Morgan fingerprint density at radius 1 is 1.30 bits per heavy atom. The van der Waals surface area contributed by atoms with E-state index in [1.165, 1.54) is 0 Å². The molecular formula is C15H15N3OS. The van der Waals surface area contributed by atoms with Crippen LogP contribution < -0.4 is 15.4 Å². The molecule has 0 spiro atoms. The van der Waals surface area contributed by atoms with Gasteiger partial charge >= 0.3 is 0 Å². The fraction of sp³-hybridized carbons (Fsp3) is 0.133. The van der Waals surface area contributed by atoms with Gasteiger partial charge < -0.3 is 15.4 Å². The van der Waals surface area contributed by atoms with E-state index in [0.29, 0.717) is 0 Å². The minimum Gasteiger partial charge on any atom is -0.497 e. The highest BCUT2D eigenvalue weighted by Gasteiger charge is 2.28. The Balaban J connectivity index is 1.98. The van der Waals surface area contributed by atoms with Crippen molar-refractivity contribution in [3.8, 4) is 5.75 Å². The Bertz CT molecular complexity index is 630. The largest absolute Gasteiger partial charge is 0.497 e. The number of hydrogen-bond acceptors (Lipinski definition) is 5. The minimum atomic E-state index is 0.107. The number of aromatic nitrogens is 1. The number of rotatable bonds is 3. The van der Waals surface area contributed by atoms with E-state index < -0.39 is 0 Å². The molecule has 1 aliphatic heterocycles. The number of nitrogens with zero attached hydrogens (tertiary/aromatic N) is 2. The monoisotopic (exact) mass is 285 g/mol. The molecule has 3 rings (SSSR count). The Labute approximate surface area is 122 Å². The van der Waals surface area contributed by atoms with Crippen molar-refractivity contribution >= 4 is 17.4 Å². The number of benzene rings is 1. The van der Waals surface area contributed by atoms with Gasteiger partial charge in [-0.1, -0.05) is 23.9 Å². The van der Waals surface area contributed by atoms with Crippen molar-refractivity contribution in [2.24, 2.45) is 5.73 Å². The summed E-state index contributed by atoms with van der Waals surface area (Å²) in [6.07, 6.45) is 3.65. The first-order valence-electron chi connectivity index (χ1n) is 6.24. The van der Waals surface area contributed by atoms with Crippen LogP contribution in [0.25, 0.3) is 0 Å². The molecule has 1 atom stereocenters. The molecule has 2 aromatic rings. The maximum Gasteiger partial charge on any atom is 0.120 e. The topological polar surface area (TPSA) is 51.4 Å². The van der Waals surface area contributed by atoms with E-state index in [0.717, 1.165) is 22.8 Å². The molecule has 1 aromatic carbocycles. The highest BCUT2D eigenvalue weighted by molar-refractivity contribution is 8.02. The molecule has 1 unspecified atom stereocenters. The van der Waals surface area contributed by atoms with Crippen molar-refractivity contribution < 1.29 is 4.74 Å². The first kappa shape index (κ1) is 12.9. The molecular weight excluding hydrogens is 270 g/mol. The summed E-state index contributed by atoms with van der Waals surface area (Å²) in [4.78, 5) is 6.27. The van der Waals surface area contributed by atoms with Gasteiger partial charge in [0.15, 0.2) is 0 Å². The summed E-state index contributed by atoms with van der Waals surface area (Å²) in [5.41, 5.74) is 8.27. The molecule has 0 fully saturated rings. The summed E-state index contributed by atoms with van der Waals surface area (Å²) < 4.78 is 5.28. The molecule has 0 radical (unpaired) electrons. The van der Waals surface area contributed by atoms with E-state index in [1.54, 1.807) is 25.1 Å². The maximum atomic E-state index is 6.14. The third-order valence-corrected chi connectivity index (χ3v) is 4.25. The van der Waals surface area contributed by atoms with Gasteiger partial charge in [0.1, 0.15) is 16.9 Å². The molecule has 1 aromatic heterocycles. The van der Waals surface area contributed by atoms with Crippen molar-refractivity contribution in [2.75, 3.05) is 12.0 Å². The Hall–Kier alpha value is -2.14. The van der Waals surface area contributed by atoms with Crippen molar-refractivity contribution in [3.05, 3.63) is 65.6 Å². The second-order valence-electron chi connectivity index (χ2n) is 4.39. The zero-order chi connectivity index (χ0) is 13.9. The van der Waals surface area contributed by atoms with Crippen LogP contribution in [0.15, 0.2) is 60.0 Å². The van der Waals surface area contributed by atoms with Crippen molar-refractivity contribution in [3.63, 3.8) is 0 Å². The lowest BCUT2D eigenvalue weighted by Crippen LogP contribution is -2.26. The highest BCUT2D eigenvalue weighted by atomic mass is 32.2. The van der Waals surface area contributed by atoms with Crippen LogP contribution in [0.4, 0.5) is 5.69 Å². The molecule has 0 saturated carbocycles. The highest BCUT2D eigenvalue weighted by Crippen LogP contribution is 2.44. The van der Waals surface area contributed by atoms with Gasteiger partial charge in [-0.05, 0) is 18.2 Å². The average Bonchev–Trinajstić information content (AvgIpc) is 2.90. The summed E-state index contributed by atoms with van der Waals surface area (Å²) in [5, 5.41) is 2.08.